The summed E-state index contributed by atoms with van der Waals surface area (Å²) in [5.41, 5.74) is 7.34. The van der Waals surface area contributed by atoms with Crippen molar-refractivity contribution < 1.29 is 23.7 Å². The van der Waals surface area contributed by atoms with E-state index in [2.05, 4.69) is 63.1 Å². The number of alkyl halides is 4. The second-order valence-corrected chi connectivity index (χ2v) is 14.2. The normalized spacial score (nSPS) is 15.3. The number of morpholine rings is 2. The maximum Gasteiger partial charge on any atom is 0.302 e. The fourth-order valence-corrected chi connectivity index (χ4v) is 5.95. The molecule has 0 radical (unpaired) electrons. The number of hydrogen-bond acceptors (Lipinski definition) is 7. The largest absolute Gasteiger partial charge is 0.463 e. The highest BCUT2D eigenvalue weighted by Crippen LogP contribution is 2.12. The minimum Gasteiger partial charge on any atom is -0.463 e. The van der Waals surface area contributed by atoms with Gasteiger partial charge in [0.25, 0.3) is 0 Å². The van der Waals surface area contributed by atoms with Gasteiger partial charge in [-0.1, -0.05) is 72.8 Å². The molecule has 0 aromatic heterocycles. The minimum absolute atomic E-state index is 0. The van der Waals surface area contributed by atoms with E-state index in [1.807, 2.05) is 38.1 Å². The highest BCUT2D eigenvalue weighted by atomic mass is 35.5. The van der Waals surface area contributed by atoms with Gasteiger partial charge in [0.2, 0.25) is 0 Å². The lowest BCUT2D eigenvalue weighted by Gasteiger charge is -2.26. The number of carbonyl (C=O) groups excluding carboxylic acids is 1. The summed E-state index contributed by atoms with van der Waals surface area (Å²) in [6.45, 7) is 16.7. The van der Waals surface area contributed by atoms with Crippen LogP contribution in [0.3, 0.4) is 0 Å². The van der Waals surface area contributed by atoms with Gasteiger partial charge in [0.05, 0.1) is 32.5 Å². The number of halogens is 6. The molecule has 0 amide bonds. The van der Waals surface area contributed by atoms with Crippen LogP contribution in [0.15, 0.2) is 72.8 Å². The van der Waals surface area contributed by atoms with E-state index in [4.69, 9.17) is 60.6 Å². The third kappa shape index (κ3) is 27.1. The summed E-state index contributed by atoms with van der Waals surface area (Å²) in [6, 6.07) is 25.0. The number of benzene rings is 3. The molecule has 0 spiro atoms. The van der Waals surface area contributed by atoms with Gasteiger partial charge in [-0.2, -0.15) is 0 Å². The molecule has 7 nitrogen and oxygen atoms in total. The number of nitrogens with zero attached hydrogens (tertiary/aromatic N) is 2. The highest BCUT2D eigenvalue weighted by Gasteiger charge is 2.11. The molecule has 0 atom stereocenters. The Morgan fingerprint density at radius 3 is 0.982 bits per heavy atom. The average Bonchev–Trinajstić information content (AvgIpc) is 3.20. The van der Waals surface area contributed by atoms with Gasteiger partial charge in [0.1, 0.15) is 0 Å². The number of rotatable bonds is 9. The third-order valence-corrected chi connectivity index (χ3v) is 9.42. The molecule has 3 fully saturated rings. The van der Waals surface area contributed by atoms with Gasteiger partial charge in [-0.25, -0.2) is 0 Å². The van der Waals surface area contributed by atoms with E-state index < -0.39 is 0 Å². The number of carbonyl (C=O) groups is 1. The SMILES string of the molecule is C1CCOCC1.CC(=O)OC(C)C.Cl.Cl.ClCc1ccc(CCl)cc1.ClCc1ccc(CN2CCOCC2)cc1.ClCc1ccc(CN2CCOCC2)cc1. The van der Waals surface area contributed by atoms with Crippen molar-refractivity contribution in [3.05, 3.63) is 106 Å². The Morgan fingerprint density at radius 1 is 0.527 bits per heavy atom. The Hall–Kier alpha value is -1.33. The van der Waals surface area contributed by atoms with Gasteiger partial charge in [-0.3, -0.25) is 14.6 Å². The van der Waals surface area contributed by atoms with Crippen molar-refractivity contribution in [3.63, 3.8) is 0 Å². The molecule has 0 N–H and O–H groups in total. The standard InChI is InChI=1S/2C12H16ClNO.C8H8Cl2.C5H10O2.C5H10O.2ClH/c2*13-9-11-1-3-12(4-2-11)10-14-5-7-15-8-6-14;9-5-7-1-2-8(6-10)4-3-7;1-4(2)7-5(3)6;1-2-4-6-5-3-1;;/h2*1-4H,5-10H2;1-4H,5-6H2;4H,1-3H3;1-5H2;2*1H. The molecule has 13 heteroatoms. The minimum atomic E-state index is -0.213. The van der Waals surface area contributed by atoms with Gasteiger partial charge in [0.15, 0.2) is 0 Å². The van der Waals surface area contributed by atoms with Crippen LogP contribution in [0.25, 0.3) is 0 Å². The number of ether oxygens (including phenoxy) is 4. The third-order valence-electron chi connectivity index (χ3n) is 8.18. The van der Waals surface area contributed by atoms with Crippen LogP contribution in [0.1, 0.15) is 73.4 Å². The second-order valence-electron chi connectivity index (χ2n) is 13.1. The number of hydrogen-bond donors (Lipinski definition) is 0. The van der Waals surface area contributed by atoms with Crippen LogP contribution in [-0.4, -0.2) is 87.7 Å². The molecular weight excluding hydrogens is 825 g/mol. The molecule has 6 rings (SSSR count). The van der Waals surface area contributed by atoms with E-state index >= 15 is 0 Å². The van der Waals surface area contributed by atoms with Crippen LogP contribution in [-0.2, 0) is 60.4 Å². The van der Waals surface area contributed by atoms with Gasteiger partial charge < -0.3 is 18.9 Å². The topological polar surface area (TPSA) is 60.5 Å². The molecule has 3 saturated heterocycles. The molecule has 3 heterocycles. The predicted octanol–water partition coefficient (Wildman–Crippen LogP) is 10.7. The highest BCUT2D eigenvalue weighted by molar-refractivity contribution is 6.17. The fraction of sp³-hybridized carbons (Fsp3) is 0.548. The zero-order chi connectivity index (χ0) is 38.5. The smallest absolute Gasteiger partial charge is 0.302 e. The Kier molecular flexibility index (Phi) is 33.8. The van der Waals surface area contributed by atoms with E-state index in [9.17, 15) is 4.79 Å². The zero-order valence-corrected chi connectivity index (χ0v) is 37.4. The first-order valence-electron chi connectivity index (χ1n) is 18.6. The molecule has 3 aromatic carbocycles. The van der Waals surface area contributed by atoms with Crippen molar-refractivity contribution in [2.45, 2.75) is 82.7 Å². The average molecular weight is 888 g/mol. The van der Waals surface area contributed by atoms with E-state index in [0.29, 0.717) is 23.5 Å². The van der Waals surface area contributed by atoms with Crippen LogP contribution in [0.5, 0.6) is 0 Å². The van der Waals surface area contributed by atoms with Crippen LogP contribution >= 0.6 is 71.2 Å². The molecule has 55 heavy (non-hydrogen) atoms. The van der Waals surface area contributed by atoms with Crippen molar-refractivity contribution in [2.24, 2.45) is 0 Å². The van der Waals surface area contributed by atoms with E-state index in [1.165, 1.54) is 48.4 Å². The molecule has 312 valence electrons. The van der Waals surface area contributed by atoms with E-state index in [-0.39, 0.29) is 36.9 Å². The maximum atomic E-state index is 10.0. The van der Waals surface area contributed by atoms with Crippen LogP contribution in [0.4, 0.5) is 0 Å². The van der Waals surface area contributed by atoms with E-state index in [0.717, 1.165) is 90.0 Å². The number of esters is 1. The fourth-order valence-electron chi connectivity index (χ4n) is 5.24. The lowest BCUT2D eigenvalue weighted by Crippen LogP contribution is -2.35. The Balaban J connectivity index is 0.000000686. The Bertz CT molecular complexity index is 1220. The molecule has 3 aliphatic rings. The molecule has 0 unspecified atom stereocenters. The predicted molar refractivity (Wildman–Crippen MR) is 236 cm³/mol. The molecule has 0 saturated carbocycles. The summed E-state index contributed by atoms with van der Waals surface area (Å²) in [5.74, 6) is 2.12. The lowest BCUT2D eigenvalue weighted by molar-refractivity contribution is -0.144. The summed E-state index contributed by atoms with van der Waals surface area (Å²) in [6.07, 6.45) is 3.96. The molecular formula is C42H62Cl6N2O5. The summed E-state index contributed by atoms with van der Waals surface area (Å²) < 4.78 is 20.3. The molecule has 3 aliphatic heterocycles. The van der Waals surface area contributed by atoms with Crippen LogP contribution in [0.2, 0.25) is 0 Å². The first kappa shape index (κ1) is 53.7. The van der Waals surface area contributed by atoms with Crippen molar-refractivity contribution >= 4 is 77.2 Å². The summed E-state index contributed by atoms with van der Waals surface area (Å²) >= 11 is 22.7. The van der Waals surface area contributed by atoms with Crippen molar-refractivity contribution in [1.29, 1.82) is 0 Å². The van der Waals surface area contributed by atoms with Crippen LogP contribution in [0, 0.1) is 0 Å². The first-order chi connectivity index (χ1) is 25.8. The van der Waals surface area contributed by atoms with Crippen molar-refractivity contribution in [2.75, 3.05) is 65.8 Å². The maximum absolute atomic E-state index is 10.0. The lowest BCUT2D eigenvalue weighted by atomic mass is 10.1. The summed E-state index contributed by atoms with van der Waals surface area (Å²) in [4.78, 5) is 14.9. The summed E-state index contributed by atoms with van der Waals surface area (Å²) in [5, 5.41) is 0. The first-order valence-corrected chi connectivity index (χ1v) is 20.7. The van der Waals surface area contributed by atoms with Crippen LogP contribution < -0.4 is 0 Å². The van der Waals surface area contributed by atoms with Gasteiger partial charge in [0, 0.05) is 82.9 Å². The molecule has 0 bridgehead atoms. The Labute approximate surface area is 363 Å². The van der Waals surface area contributed by atoms with E-state index in [1.54, 1.807) is 0 Å². The monoisotopic (exact) mass is 884 g/mol. The van der Waals surface area contributed by atoms with Gasteiger partial charge in [-0.05, 0) is 66.5 Å². The van der Waals surface area contributed by atoms with Gasteiger partial charge >= 0.3 is 5.97 Å². The zero-order valence-electron chi connectivity index (χ0n) is 32.7. The molecule has 0 aliphatic carbocycles. The second kappa shape index (κ2) is 34.7. The molecule has 3 aromatic rings. The van der Waals surface area contributed by atoms with Crippen molar-refractivity contribution in [3.8, 4) is 0 Å². The van der Waals surface area contributed by atoms with Gasteiger partial charge in [-0.15, -0.1) is 71.2 Å². The van der Waals surface area contributed by atoms with Crippen molar-refractivity contribution in [1.82, 2.24) is 9.80 Å². The summed E-state index contributed by atoms with van der Waals surface area (Å²) in [7, 11) is 0. The Morgan fingerprint density at radius 2 is 0.800 bits per heavy atom. The quantitative estimate of drug-likeness (QED) is 0.157.